The van der Waals surface area contributed by atoms with Crippen LogP contribution in [0.2, 0.25) is 5.02 Å². The number of nitrogens with one attached hydrogen (secondary N) is 1. The first kappa shape index (κ1) is 15.0. The van der Waals surface area contributed by atoms with E-state index in [4.69, 9.17) is 16.3 Å². The molecule has 1 N–H and O–H groups in total. The van der Waals surface area contributed by atoms with Crippen molar-refractivity contribution in [2.45, 2.75) is 13.0 Å². The van der Waals surface area contributed by atoms with Crippen LogP contribution in [-0.4, -0.2) is 23.2 Å². The van der Waals surface area contributed by atoms with Crippen LogP contribution in [-0.2, 0) is 4.79 Å². The van der Waals surface area contributed by atoms with E-state index in [-0.39, 0.29) is 5.91 Å². The van der Waals surface area contributed by atoms with E-state index in [1.165, 1.54) is 6.21 Å². The Kier molecular flexibility index (Phi) is 5.29. The second-order valence-corrected chi connectivity index (χ2v) is 4.64. The molecule has 0 spiro atoms. The van der Waals surface area contributed by atoms with Gasteiger partial charge in [0.15, 0.2) is 6.10 Å². The van der Waals surface area contributed by atoms with Gasteiger partial charge in [-0.2, -0.15) is 5.10 Å². The van der Waals surface area contributed by atoms with Gasteiger partial charge in [0.25, 0.3) is 5.91 Å². The fraction of sp³-hybridized carbons (Fsp3) is 0.133. The lowest BCUT2D eigenvalue weighted by molar-refractivity contribution is -0.127. The average molecular weight is 304 g/mol. The van der Waals surface area contributed by atoms with Crippen molar-refractivity contribution >= 4 is 23.7 Å². The highest BCUT2D eigenvalue weighted by Crippen LogP contribution is 2.16. The van der Waals surface area contributed by atoms with Gasteiger partial charge < -0.3 is 4.74 Å². The Morgan fingerprint density at radius 3 is 2.76 bits per heavy atom. The Hall–Kier alpha value is -2.40. The van der Waals surface area contributed by atoms with E-state index in [2.05, 4.69) is 15.5 Å². The predicted octanol–water partition coefficient (Wildman–Crippen LogP) is 2.65. The SMILES string of the molecule is CC(Oc1ccc(Cl)cc1)C(=O)NN=Cc1ccccn1. The first-order valence-electron chi connectivity index (χ1n) is 6.31. The minimum Gasteiger partial charge on any atom is -0.481 e. The number of hydrazone groups is 1. The molecule has 1 atom stereocenters. The van der Waals surface area contributed by atoms with Crippen molar-refractivity contribution in [3.05, 3.63) is 59.4 Å². The number of carbonyl (C=O) groups is 1. The van der Waals surface area contributed by atoms with Crippen LogP contribution in [0.4, 0.5) is 0 Å². The van der Waals surface area contributed by atoms with E-state index >= 15 is 0 Å². The molecule has 6 heteroatoms. The van der Waals surface area contributed by atoms with Gasteiger partial charge in [-0.3, -0.25) is 9.78 Å². The van der Waals surface area contributed by atoms with Crippen molar-refractivity contribution in [1.29, 1.82) is 0 Å². The molecule has 0 saturated carbocycles. The largest absolute Gasteiger partial charge is 0.481 e. The van der Waals surface area contributed by atoms with E-state index in [0.717, 1.165) is 0 Å². The van der Waals surface area contributed by atoms with Crippen molar-refractivity contribution < 1.29 is 9.53 Å². The summed E-state index contributed by atoms with van der Waals surface area (Å²) in [6.07, 6.45) is 2.44. The molecule has 0 aliphatic heterocycles. The first-order chi connectivity index (χ1) is 10.1. The molecule has 1 aromatic carbocycles. The summed E-state index contributed by atoms with van der Waals surface area (Å²) in [7, 11) is 0. The Bertz CT molecular complexity index is 615. The number of hydrogen-bond acceptors (Lipinski definition) is 4. The summed E-state index contributed by atoms with van der Waals surface area (Å²) >= 11 is 5.78. The molecule has 21 heavy (non-hydrogen) atoms. The average Bonchev–Trinajstić information content (AvgIpc) is 2.50. The standard InChI is InChI=1S/C15H14ClN3O2/c1-11(21-14-7-5-12(16)6-8-14)15(20)19-18-10-13-4-2-3-9-17-13/h2-11H,1H3,(H,19,20). The van der Waals surface area contributed by atoms with Gasteiger partial charge in [0.2, 0.25) is 0 Å². The van der Waals surface area contributed by atoms with Crippen LogP contribution in [0, 0.1) is 0 Å². The van der Waals surface area contributed by atoms with Crippen LogP contribution in [0.3, 0.4) is 0 Å². The molecule has 1 heterocycles. The zero-order chi connectivity index (χ0) is 15.1. The van der Waals surface area contributed by atoms with Gasteiger partial charge in [0.05, 0.1) is 11.9 Å². The lowest BCUT2D eigenvalue weighted by Crippen LogP contribution is -2.33. The number of halogens is 1. The van der Waals surface area contributed by atoms with Crippen LogP contribution in [0.5, 0.6) is 5.75 Å². The lowest BCUT2D eigenvalue weighted by atomic mass is 10.3. The molecule has 1 aromatic heterocycles. The summed E-state index contributed by atoms with van der Waals surface area (Å²) in [6.45, 7) is 1.64. The second kappa shape index (κ2) is 7.40. The Labute approximate surface area is 127 Å². The fourth-order valence-corrected chi connectivity index (χ4v) is 1.60. The van der Waals surface area contributed by atoms with E-state index in [1.54, 1.807) is 49.5 Å². The van der Waals surface area contributed by atoms with Crippen LogP contribution < -0.4 is 10.2 Å². The molecule has 0 aliphatic rings. The third kappa shape index (κ3) is 4.89. The highest BCUT2D eigenvalue weighted by atomic mass is 35.5. The number of carbonyl (C=O) groups excluding carboxylic acids is 1. The minimum atomic E-state index is -0.674. The van der Waals surface area contributed by atoms with Crippen LogP contribution in [0.15, 0.2) is 53.8 Å². The van der Waals surface area contributed by atoms with E-state index in [0.29, 0.717) is 16.5 Å². The van der Waals surface area contributed by atoms with E-state index < -0.39 is 6.10 Å². The third-order valence-electron chi connectivity index (χ3n) is 2.56. The molecule has 2 aromatic rings. The Morgan fingerprint density at radius 2 is 2.10 bits per heavy atom. The van der Waals surface area contributed by atoms with Gasteiger partial charge in [0, 0.05) is 11.2 Å². The maximum Gasteiger partial charge on any atom is 0.280 e. The van der Waals surface area contributed by atoms with Gasteiger partial charge in [-0.25, -0.2) is 5.43 Å². The summed E-state index contributed by atoms with van der Waals surface area (Å²) in [5.41, 5.74) is 3.06. The van der Waals surface area contributed by atoms with Gasteiger partial charge in [-0.05, 0) is 43.3 Å². The maximum absolute atomic E-state index is 11.8. The molecule has 0 bridgehead atoms. The first-order valence-corrected chi connectivity index (χ1v) is 6.69. The molecule has 5 nitrogen and oxygen atoms in total. The molecular formula is C15H14ClN3O2. The highest BCUT2D eigenvalue weighted by molar-refractivity contribution is 6.30. The number of ether oxygens (including phenoxy) is 1. The third-order valence-corrected chi connectivity index (χ3v) is 2.81. The zero-order valence-corrected chi connectivity index (χ0v) is 12.1. The summed E-state index contributed by atoms with van der Waals surface area (Å²) < 4.78 is 5.47. The number of aromatic nitrogens is 1. The van der Waals surface area contributed by atoms with Crippen molar-refractivity contribution in [1.82, 2.24) is 10.4 Å². The summed E-state index contributed by atoms with van der Waals surface area (Å²) in [4.78, 5) is 15.9. The predicted molar refractivity (Wildman–Crippen MR) is 81.5 cm³/mol. The second-order valence-electron chi connectivity index (χ2n) is 4.20. The number of benzene rings is 1. The fourth-order valence-electron chi connectivity index (χ4n) is 1.48. The molecule has 0 fully saturated rings. The quantitative estimate of drug-likeness (QED) is 0.682. The molecule has 0 aliphatic carbocycles. The van der Waals surface area contributed by atoms with Crippen molar-refractivity contribution in [3.63, 3.8) is 0 Å². The van der Waals surface area contributed by atoms with Crippen LogP contribution >= 0.6 is 11.6 Å². The summed E-state index contributed by atoms with van der Waals surface area (Å²) in [6, 6.07) is 12.2. The topological polar surface area (TPSA) is 63.6 Å². The zero-order valence-electron chi connectivity index (χ0n) is 11.4. The number of hydrogen-bond donors (Lipinski definition) is 1. The molecular weight excluding hydrogens is 290 g/mol. The molecule has 1 amide bonds. The van der Waals surface area contributed by atoms with Crippen molar-refractivity contribution in [2.75, 3.05) is 0 Å². The molecule has 0 radical (unpaired) electrons. The Balaban J connectivity index is 1.85. The number of pyridine rings is 1. The van der Waals surface area contributed by atoms with Gasteiger partial charge in [-0.1, -0.05) is 17.7 Å². The molecule has 1 unspecified atom stereocenters. The van der Waals surface area contributed by atoms with E-state index in [1.807, 2.05) is 6.07 Å². The summed E-state index contributed by atoms with van der Waals surface area (Å²) in [5.74, 6) is 0.216. The maximum atomic E-state index is 11.8. The molecule has 0 saturated heterocycles. The highest BCUT2D eigenvalue weighted by Gasteiger charge is 2.13. The minimum absolute atomic E-state index is 0.350. The van der Waals surface area contributed by atoms with Crippen LogP contribution in [0.25, 0.3) is 0 Å². The molecule has 108 valence electrons. The van der Waals surface area contributed by atoms with Gasteiger partial charge >= 0.3 is 0 Å². The smallest absolute Gasteiger partial charge is 0.280 e. The normalized spacial score (nSPS) is 12.1. The van der Waals surface area contributed by atoms with Crippen molar-refractivity contribution in [2.24, 2.45) is 5.10 Å². The monoisotopic (exact) mass is 303 g/mol. The van der Waals surface area contributed by atoms with Crippen molar-refractivity contribution in [3.8, 4) is 5.75 Å². The lowest BCUT2D eigenvalue weighted by Gasteiger charge is -2.12. The van der Waals surface area contributed by atoms with Gasteiger partial charge in [-0.15, -0.1) is 0 Å². The van der Waals surface area contributed by atoms with E-state index in [9.17, 15) is 4.79 Å². The number of rotatable bonds is 5. The van der Waals surface area contributed by atoms with Crippen LogP contribution in [0.1, 0.15) is 12.6 Å². The van der Waals surface area contributed by atoms with Gasteiger partial charge in [0.1, 0.15) is 5.75 Å². The molecule has 2 rings (SSSR count). The Morgan fingerprint density at radius 1 is 1.33 bits per heavy atom. The number of nitrogens with zero attached hydrogens (tertiary/aromatic N) is 2. The number of amides is 1. The summed E-state index contributed by atoms with van der Waals surface area (Å²) in [5, 5.41) is 4.44.